The van der Waals surface area contributed by atoms with Crippen molar-refractivity contribution in [3.8, 4) is 17.4 Å². The molecule has 1 aliphatic heterocycles. The average Bonchev–Trinajstić information content (AvgIpc) is 3.40. The number of tetrazole rings is 1. The summed E-state index contributed by atoms with van der Waals surface area (Å²) in [6, 6.07) is 13.1. The molecule has 1 fully saturated rings. The number of rotatable bonds is 5. The van der Waals surface area contributed by atoms with E-state index in [-0.39, 0.29) is 17.5 Å². The molecule has 0 unspecified atom stereocenters. The van der Waals surface area contributed by atoms with Crippen molar-refractivity contribution in [2.24, 2.45) is 0 Å². The predicted molar refractivity (Wildman–Crippen MR) is 97.8 cm³/mol. The minimum absolute atomic E-state index is 0.0738. The number of likely N-dealkylation sites (tertiary alicyclic amines) is 1. The third-order valence-corrected chi connectivity index (χ3v) is 4.51. The van der Waals surface area contributed by atoms with E-state index in [0.29, 0.717) is 17.0 Å². The summed E-state index contributed by atoms with van der Waals surface area (Å²) in [5.74, 6) is -0.746. The molecule has 2 heterocycles. The van der Waals surface area contributed by atoms with Crippen LogP contribution in [-0.2, 0) is 0 Å². The maximum absolute atomic E-state index is 12.8. The second kappa shape index (κ2) is 7.47. The first kappa shape index (κ1) is 17.7. The highest BCUT2D eigenvalue weighted by molar-refractivity contribution is 5.97. The zero-order chi connectivity index (χ0) is 19.5. The Balaban J connectivity index is 1.62. The fourth-order valence-corrected chi connectivity index (χ4v) is 3.07. The lowest BCUT2D eigenvalue weighted by Gasteiger charge is -2.17. The van der Waals surface area contributed by atoms with Crippen molar-refractivity contribution in [1.29, 1.82) is 0 Å². The van der Waals surface area contributed by atoms with Crippen LogP contribution < -0.4 is 4.74 Å². The first-order chi connectivity index (χ1) is 13.6. The molecule has 0 saturated carbocycles. The number of ether oxygens (including phenoxy) is 1. The number of hydrogen-bond donors (Lipinski definition) is 1. The number of amides is 1. The number of carboxylic acid groups (broad SMARTS) is 1. The molecule has 9 heteroatoms. The maximum atomic E-state index is 12.8. The largest absolute Gasteiger partial charge is 0.478 e. The Hall–Kier alpha value is -3.75. The smallest absolute Gasteiger partial charge is 0.345 e. The molecule has 1 N–H and O–H groups in total. The molecule has 28 heavy (non-hydrogen) atoms. The van der Waals surface area contributed by atoms with Gasteiger partial charge in [-0.3, -0.25) is 4.79 Å². The molecule has 0 radical (unpaired) electrons. The fraction of sp³-hybridized carbons (Fsp3) is 0.211. The van der Waals surface area contributed by atoms with Gasteiger partial charge in [0.15, 0.2) is 0 Å². The first-order valence-electron chi connectivity index (χ1n) is 8.82. The number of benzene rings is 2. The number of carbonyl (C=O) groups is 2. The summed E-state index contributed by atoms with van der Waals surface area (Å²) in [6.45, 7) is 1.47. The lowest BCUT2D eigenvalue weighted by atomic mass is 10.2. The summed E-state index contributed by atoms with van der Waals surface area (Å²) in [5, 5.41) is 20.4. The van der Waals surface area contributed by atoms with Crippen molar-refractivity contribution in [1.82, 2.24) is 25.1 Å². The first-order valence-corrected chi connectivity index (χ1v) is 8.82. The number of para-hydroxylation sites is 1. The van der Waals surface area contributed by atoms with Gasteiger partial charge in [0.2, 0.25) is 0 Å². The van der Waals surface area contributed by atoms with Gasteiger partial charge >= 0.3 is 12.0 Å². The van der Waals surface area contributed by atoms with Crippen LogP contribution in [-0.4, -0.2) is 55.2 Å². The summed E-state index contributed by atoms with van der Waals surface area (Å²) in [6.07, 6.45) is 2.00. The van der Waals surface area contributed by atoms with Crippen molar-refractivity contribution >= 4 is 11.9 Å². The van der Waals surface area contributed by atoms with Crippen LogP contribution in [0.5, 0.6) is 11.8 Å². The second-order valence-electron chi connectivity index (χ2n) is 6.32. The summed E-state index contributed by atoms with van der Waals surface area (Å²) in [7, 11) is 0. The molecule has 142 valence electrons. The minimum atomic E-state index is -1.02. The molecule has 2 aromatic carbocycles. The van der Waals surface area contributed by atoms with Gasteiger partial charge < -0.3 is 14.7 Å². The van der Waals surface area contributed by atoms with E-state index in [4.69, 9.17) is 9.84 Å². The number of aromatic carboxylic acids is 1. The van der Waals surface area contributed by atoms with Crippen molar-refractivity contribution < 1.29 is 19.4 Å². The van der Waals surface area contributed by atoms with E-state index in [0.717, 1.165) is 25.9 Å². The number of aromatic nitrogens is 4. The van der Waals surface area contributed by atoms with Crippen molar-refractivity contribution in [3.63, 3.8) is 0 Å². The molecule has 1 saturated heterocycles. The standard InChI is InChI=1S/C19H17N5O4/c25-17(23-11-3-4-12-23)15-5-1-2-6-16(15)28-19-20-21-22-24(19)14-9-7-13(8-10-14)18(26)27/h1-2,5-10H,3-4,11-12H2,(H,26,27). The normalized spacial score (nSPS) is 13.5. The van der Waals surface area contributed by atoms with Crippen LogP contribution in [0, 0.1) is 0 Å². The Morgan fingerprint density at radius 3 is 2.43 bits per heavy atom. The van der Waals surface area contributed by atoms with Gasteiger partial charge in [-0.1, -0.05) is 17.2 Å². The van der Waals surface area contributed by atoms with Crippen LogP contribution >= 0.6 is 0 Å². The lowest BCUT2D eigenvalue weighted by Crippen LogP contribution is -2.27. The highest BCUT2D eigenvalue weighted by atomic mass is 16.5. The van der Waals surface area contributed by atoms with Gasteiger partial charge in [-0.15, -0.1) is 0 Å². The van der Waals surface area contributed by atoms with E-state index in [1.165, 1.54) is 16.8 Å². The van der Waals surface area contributed by atoms with Crippen LogP contribution in [0.3, 0.4) is 0 Å². The topological polar surface area (TPSA) is 110 Å². The maximum Gasteiger partial charge on any atom is 0.345 e. The van der Waals surface area contributed by atoms with Crippen molar-refractivity contribution in [2.45, 2.75) is 12.8 Å². The SMILES string of the molecule is O=C(O)c1ccc(-n2nnnc2Oc2ccccc2C(=O)N2CCCC2)cc1. The second-order valence-corrected chi connectivity index (χ2v) is 6.32. The Kier molecular flexibility index (Phi) is 4.71. The molecule has 3 aromatic rings. The fourth-order valence-electron chi connectivity index (χ4n) is 3.07. The van der Waals surface area contributed by atoms with Gasteiger partial charge in [0.25, 0.3) is 5.91 Å². The monoisotopic (exact) mass is 379 g/mol. The summed E-state index contributed by atoms with van der Waals surface area (Å²) in [4.78, 5) is 25.6. The van der Waals surface area contributed by atoms with E-state index in [2.05, 4.69) is 15.5 Å². The van der Waals surface area contributed by atoms with Crippen LogP contribution in [0.2, 0.25) is 0 Å². The molecule has 1 aromatic heterocycles. The Morgan fingerprint density at radius 1 is 1.00 bits per heavy atom. The summed E-state index contributed by atoms with van der Waals surface area (Å²) < 4.78 is 7.19. The quantitative estimate of drug-likeness (QED) is 0.724. The Bertz CT molecular complexity index is 1010. The van der Waals surface area contributed by atoms with Crippen LogP contribution in [0.1, 0.15) is 33.6 Å². The number of carbonyl (C=O) groups excluding carboxylic acids is 1. The van der Waals surface area contributed by atoms with E-state index < -0.39 is 5.97 Å². The molecule has 0 bridgehead atoms. The number of hydrogen-bond acceptors (Lipinski definition) is 6. The molecular formula is C19H17N5O4. The molecule has 1 aliphatic rings. The Morgan fingerprint density at radius 2 is 1.71 bits per heavy atom. The van der Waals surface area contributed by atoms with E-state index in [1.807, 2.05) is 0 Å². The molecular weight excluding hydrogens is 362 g/mol. The molecule has 0 atom stereocenters. The number of carboxylic acids is 1. The zero-order valence-corrected chi connectivity index (χ0v) is 14.9. The van der Waals surface area contributed by atoms with Crippen LogP contribution in [0.15, 0.2) is 48.5 Å². The van der Waals surface area contributed by atoms with Gasteiger partial charge in [-0.2, -0.15) is 4.68 Å². The summed E-state index contributed by atoms with van der Waals surface area (Å²) in [5.41, 5.74) is 1.13. The molecule has 0 spiro atoms. The van der Waals surface area contributed by atoms with Gasteiger partial charge in [0, 0.05) is 13.1 Å². The van der Waals surface area contributed by atoms with Crippen LogP contribution in [0.25, 0.3) is 5.69 Å². The van der Waals surface area contributed by atoms with E-state index in [1.54, 1.807) is 41.3 Å². The molecule has 9 nitrogen and oxygen atoms in total. The highest BCUT2D eigenvalue weighted by Gasteiger charge is 2.23. The average molecular weight is 379 g/mol. The Labute approximate surface area is 160 Å². The molecule has 0 aliphatic carbocycles. The molecule has 4 rings (SSSR count). The van der Waals surface area contributed by atoms with Gasteiger partial charge in [-0.05, 0) is 59.7 Å². The van der Waals surface area contributed by atoms with Crippen molar-refractivity contribution in [3.05, 3.63) is 59.7 Å². The van der Waals surface area contributed by atoms with Crippen molar-refractivity contribution in [2.75, 3.05) is 13.1 Å². The predicted octanol–water partition coefficient (Wildman–Crippen LogP) is 2.39. The number of nitrogens with zero attached hydrogens (tertiary/aromatic N) is 5. The minimum Gasteiger partial charge on any atom is -0.478 e. The highest BCUT2D eigenvalue weighted by Crippen LogP contribution is 2.27. The van der Waals surface area contributed by atoms with Crippen LogP contribution in [0.4, 0.5) is 0 Å². The van der Waals surface area contributed by atoms with Gasteiger partial charge in [0.1, 0.15) is 5.75 Å². The summed E-state index contributed by atoms with van der Waals surface area (Å²) >= 11 is 0. The van der Waals surface area contributed by atoms with E-state index in [9.17, 15) is 9.59 Å². The van der Waals surface area contributed by atoms with Gasteiger partial charge in [-0.25, -0.2) is 4.79 Å². The third kappa shape index (κ3) is 3.41. The van der Waals surface area contributed by atoms with E-state index >= 15 is 0 Å². The molecule has 1 amide bonds. The van der Waals surface area contributed by atoms with Gasteiger partial charge in [0.05, 0.1) is 16.8 Å². The third-order valence-electron chi connectivity index (χ3n) is 4.51. The lowest BCUT2D eigenvalue weighted by molar-refractivity contribution is 0.0696. The zero-order valence-electron chi connectivity index (χ0n) is 14.9.